The maximum atomic E-state index is 11.9. The number of hydrogen-bond acceptors (Lipinski definition) is 3. The number of hydrogen-bond donors (Lipinski definition) is 0. The van der Waals surface area contributed by atoms with Gasteiger partial charge in [-0.05, 0) is 44.2 Å². The lowest BCUT2D eigenvalue weighted by Gasteiger charge is -2.32. The van der Waals surface area contributed by atoms with Crippen LogP contribution in [0, 0.1) is 5.92 Å². The van der Waals surface area contributed by atoms with Crippen molar-refractivity contribution < 1.29 is 4.79 Å². The first kappa shape index (κ1) is 15.0. The lowest BCUT2D eigenvalue weighted by Crippen LogP contribution is -2.36. The van der Waals surface area contributed by atoms with Gasteiger partial charge >= 0.3 is 0 Å². The second-order valence-electron chi connectivity index (χ2n) is 6.24. The Hall–Kier alpha value is -1.38. The summed E-state index contributed by atoms with van der Waals surface area (Å²) in [5.41, 5.74) is 0.767. The van der Waals surface area contributed by atoms with Gasteiger partial charge < -0.3 is 4.90 Å². The molecule has 1 aromatic heterocycles. The van der Waals surface area contributed by atoms with Crippen molar-refractivity contribution in [1.29, 1.82) is 0 Å². The molecule has 0 aromatic carbocycles. The summed E-state index contributed by atoms with van der Waals surface area (Å²) in [7, 11) is 0. The van der Waals surface area contributed by atoms with Gasteiger partial charge in [0.25, 0.3) is 0 Å². The third-order valence-electron chi connectivity index (χ3n) is 4.15. The molecule has 1 fully saturated rings. The van der Waals surface area contributed by atoms with Crippen LogP contribution in [-0.2, 0) is 0 Å². The molecule has 0 amide bonds. The molecule has 3 heteroatoms. The molecular formula is C17H26N2O. The van der Waals surface area contributed by atoms with Crippen LogP contribution in [0.3, 0.4) is 0 Å². The van der Waals surface area contributed by atoms with Crippen LogP contribution >= 0.6 is 0 Å². The first-order valence-corrected chi connectivity index (χ1v) is 7.82. The van der Waals surface area contributed by atoms with Gasteiger partial charge in [0, 0.05) is 18.8 Å². The molecule has 1 aromatic rings. The lowest BCUT2D eigenvalue weighted by molar-refractivity contribution is 0.101. The van der Waals surface area contributed by atoms with Crippen LogP contribution in [0.15, 0.2) is 18.3 Å². The highest BCUT2D eigenvalue weighted by atomic mass is 16.1. The highest BCUT2D eigenvalue weighted by Gasteiger charge is 2.26. The van der Waals surface area contributed by atoms with E-state index in [0.29, 0.717) is 12.0 Å². The van der Waals surface area contributed by atoms with Crippen LogP contribution in [0.5, 0.6) is 0 Å². The minimum Gasteiger partial charge on any atom is -0.353 e. The fourth-order valence-electron chi connectivity index (χ4n) is 2.98. The zero-order valence-electron chi connectivity index (χ0n) is 12.9. The monoisotopic (exact) mass is 274 g/mol. The molecule has 3 nitrogen and oxygen atoms in total. The van der Waals surface area contributed by atoms with Crippen LogP contribution in [0.25, 0.3) is 0 Å². The molecule has 110 valence electrons. The van der Waals surface area contributed by atoms with E-state index in [1.165, 1.54) is 25.7 Å². The van der Waals surface area contributed by atoms with Gasteiger partial charge in [0.05, 0.1) is 5.56 Å². The Bertz CT molecular complexity index is 450. The topological polar surface area (TPSA) is 33.2 Å². The van der Waals surface area contributed by atoms with Crippen molar-refractivity contribution in [2.24, 2.45) is 5.92 Å². The van der Waals surface area contributed by atoms with Crippen LogP contribution in [0.2, 0.25) is 0 Å². The van der Waals surface area contributed by atoms with Crippen molar-refractivity contribution in [3.8, 4) is 0 Å². The summed E-state index contributed by atoms with van der Waals surface area (Å²) in [5.74, 6) is 1.68. The molecule has 1 aliphatic carbocycles. The Morgan fingerprint density at radius 1 is 1.40 bits per heavy atom. The van der Waals surface area contributed by atoms with Gasteiger partial charge in [-0.2, -0.15) is 0 Å². The number of nitrogens with zero attached hydrogens (tertiary/aromatic N) is 2. The standard InChI is InChI=1S/C17H26N2O/c1-13(2)10-12-19(15-7-4-5-8-15)17-16(14(3)20)9-6-11-18-17/h6,9,11,13,15H,4-5,7-8,10,12H2,1-3H3. The smallest absolute Gasteiger partial charge is 0.163 e. The molecule has 0 aliphatic heterocycles. The third kappa shape index (κ3) is 3.59. The van der Waals surface area contributed by atoms with E-state index in [2.05, 4.69) is 23.7 Å². The Morgan fingerprint density at radius 3 is 2.70 bits per heavy atom. The van der Waals surface area contributed by atoms with Crippen LogP contribution < -0.4 is 4.90 Å². The molecule has 20 heavy (non-hydrogen) atoms. The van der Waals surface area contributed by atoms with Crippen molar-refractivity contribution >= 4 is 11.6 Å². The van der Waals surface area contributed by atoms with Gasteiger partial charge in [-0.1, -0.05) is 26.7 Å². The molecule has 0 bridgehead atoms. The maximum Gasteiger partial charge on any atom is 0.163 e. The van der Waals surface area contributed by atoms with Gasteiger partial charge in [-0.3, -0.25) is 4.79 Å². The van der Waals surface area contributed by atoms with E-state index in [1.54, 1.807) is 13.1 Å². The van der Waals surface area contributed by atoms with Crippen molar-refractivity contribution in [3.05, 3.63) is 23.9 Å². The van der Waals surface area contributed by atoms with E-state index in [-0.39, 0.29) is 5.78 Å². The highest BCUT2D eigenvalue weighted by molar-refractivity contribution is 5.98. The molecule has 0 atom stereocenters. The minimum absolute atomic E-state index is 0.112. The molecular weight excluding hydrogens is 248 g/mol. The average molecular weight is 274 g/mol. The summed E-state index contributed by atoms with van der Waals surface area (Å²) in [5, 5.41) is 0. The number of anilines is 1. The van der Waals surface area contributed by atoms with Crippen LogP contribution in [-0.4, -0.2) is 23.4 Å². The summed E-state index contributed by atoms with van der Waals surface area (Å²) in [4.78, 5) is 18.8. The number of Topliss-reactive ketones (excluding diaryl/α,β-unsaturated/α-hetero) is 1. The van der Waals surface area contributed by atoms with E-state index in [1.807, 2.05) is 12.1 Å². The minimum atomic E-state index is 0.112. The van der Waals surface area contributed by atoms with E-state index in [9.17, 15) is 4.79 Å². The van der Waals surface area contributed by atoms with E-state index >= 15 is 0 Å². The predicted octanol–water partition coefficient (Wildman–Crippen LogP) is 4.08. The summed E-state index contributed by atoms with van der Waals surface area (Å²) < 4.78 is 0. The second-order valence-corrected chi connectivity index (χ2v) is 6.24. The summed E-state index contributed by atoms with van der Waals surface area (Å²) >= 11 is 0. The molecule has 0 radical (unpaired) electrons. The SMILES string of the molecule is CC(=O)c1cccnc1N(CCC(C)C)C1CCCC1. The molecule has 1 saturated carbocycles. The number of ketones is 1. The first-order valence-electron chi connectivity index (χ1n) is 7.82. The molecule has 0 unspecified atom stereocenters. The molecule has 1 heterocycles. The van der Waals surface area contributed by atoms with Gasteiger partial charge in [-0.25, -0.2) is 4.98 Å². The summed E-state index contributed by atoms with van der Waals surface area (Å²) in [6, 6.07) is 4.32. The van der Waals surface area contributed by atoms with Crippen LogP contribution in [0.4, 0.5) is 5.82 Å². The van der Waals surface area contributed by atoms with E-state index in [4.69, 9.17) is 0 Å². The molecule has 0 saturated heterocycles. The fraction of sp³-hybridized carbons (Fsp3) is 0.647. The molecule has 0 spiro atoms. The number of carbonyl (C=O) groups is 1. The fourth-order valence-corrected chi connectivity index (χ4v) is 2.98. The average Bonchev–Trinajstić information content (AvgIpc) is 2.93. The summed E-state index contributed by atoms with van der Waals surface area (Å²) in [6.07, 6.45) is 8.00. The Kier molecular flexibility index (Phi) is 5.16. The third-order valence-corrected chi connectivity index (χ3v) is 4.15. The maximum absolute atomic E-state index is 11.9. The van der Waals surface area contributed by atoms with Gasteiger partial charge in [0.2, 0.25) is 0 Å². The zero-order valence-corrected chi connectivity index (χ0v) is 12.9. The Morgan fingerprint density at radius 2 is 2.10 bits per heavy atom. The summed E-state index contributed by atoms with van der Waals surface area (Å²) in [6.45, 7) is 7.13. The van der Waals surface area contributed by atoms with Crippen molar-refractivity contribution in [3.63, 3.8) is 0 Å². The zero-order chi connectivity index (χ0) is 14.5. The molecule has 1 aliphatic rings. The number of aromatic nitrogens is 1. The molecule has 2 rings (SSSR count). The largest absolute Gasteiger partial charge is 0.353 e. The lowest BCUT2D eigenvalue weighted by atomic mass is 10.1. The van der Waals surface area contributed by atoms with Crippen molar-refractivity contribution in [2.45, 2.75) is 58.9 Å². The predicted molar refractivity (Wildman–Crippen MR) is 83.3 cm³/mol. The number of carbonyl (C=O) groups excluding carboxylic acids is 1. The van der Waals surface area contributed by atoms with Gasteiger partial charge in [0.15, 0.2) is 5.78 Å². The molecule has 0 N–H and O–H groups in total. The quantitative estimate of drug-likeness (QED) is 0.733. The van der Waals surface area contributed by atoms with Crippen molar-refractivity contribution in [1.82, 2.24) is 4.98 Å². The Balaban J connectivity index is 2.27. The normalized spacial score (nSPS) is 15.8. The van der Waals surface area contributed by atoms with E-state index < -0.39 is 0 Å². The first-order chi connectivity index (χ1) is 9.59. The van der Waals surface area contributed by atoms with Crippen LogP contribution in [0.1, 0.15) is 63.2 Å². The number of rotatable bonds is 6. The Labute approximate surface area is 122 Å². The van der Waals surface area contributed by atoms with Gasteiger partial charge in [0.1, 0.15) is 5.82 Å². The van der Waals surface area contributed by atoms with Crippen molar-refractivity contribution in [2.75, 3.05) is 11.4 Å². The van der Waals surface area contributed by atoms with E-state index in [0.717, 1.165) is 24.3 Å². The second kappa shape index (κ2) is 6.87. The van der Waals surface area contributed by atoms with Gasteiger partial charge in [-0.15, -0.1) is 0 Å². The number of pyridine rings is 1. The highest BCUT2D eigenvalue weighted by Crippen LogP contribution is 2.29.